The Hall–Kier alpha value is -3.17. The van der Waals surface area contributed by atoms with Crippen LogP contribution in [0.1, 0.15) is 22.6 Å². The van der Waals surface area contributed by atoms with E-state index in [0.717, 1.165) is 17.1 Å². The average Bonchev–Trinajstić information content (AvgIpc) is 3.36. The van der Waals surface area contributed by atoms with Gasteiger partial charge in [0.2, 0.25) is 0 Å². The minimum atomic E-state index is -0.384. The quantitative estimate of drug-likeness (QED) is 0.255. The van der Waals surface area contributed by atoms with Crippen LogP contribution in [0.25, 0.3) is 6.08 Å². The van der Waals surface area contributed by atoms with E-state index in [9.17, 15) is 14.9 Å². The number of para-hydroxylation sites is 1. The number of hydrogen-bond donors (Lipinski definition) is 0. The van der Waals surface area contributed by atoms with Gasteiger partial charge in [0.05, 0.1) is 16.4 Å². The highest BCUT2D eigenvalue weighted by Crippen LogP contribution is 2.33. The molecule has 30 heavy (non-hydrogen) atoms. The zero-order valence-corrected chi connectivity index (χ0v) is 17.9. The van der Waals surface area contributed by atoms with Gasteiger partial charge in [-0.05, 0) is 56.4 Å². The van der Waals surface area contributed by atoms with E-state index in [1.54, 1.807) is 24.3 Å². The lowest BCUT2D eigenvalue weighted by atomic mass is 10.2. The van der Waals surface area contributed by atoms with Crippen LogP contribution >= 0.6 is 24.0 Å². The fourth-order valence-electron chi connectivity index (χ4n) is 3.45. The molecule has 7 nitrogen and oxygen atoms in total. The molecule has 3 aromatic rings. The summed E-state index contributed by atoms with van der Waals surface area (Å²) in [5.74, 6) is -0.189. The summed E-state index contributed by atoms with van der Waals surface area (Å²) in [7, 11) is 0. The molecule has 0 bridgehead atoms. The van der Waals surface area contributed by atoms with Gasteiger partial charge in [-0.25, -0.2) is 0 Å². The van der Waals surface area contributed by atoms with Crippen molar-refractivity contribution in [3.8, 4) is 0 Å². The summed E-state index contributed by atoms with van der Waals surface area (Å²) in [5.41, 5.74) is 3.28. The Labute approximate surface area is 182 Å². The standard InChI is InChI=1S/C21H18N4O3S2/c1-14-9-10-15(2)23(14)24-20(26)19(30-21(24)29)12-17-7-5-11-22(17)13-16-6-3-4-8-18(16)25(27)28/h3-12H,13H2,1-2H3/b19-12+. The number of benzene rings is 1. The van der Waals surface area contributed by atoms with Gasteiger partial charge in [0.1, 0.15) is 0 Å². The zero-order chi connectivity index (χ0) is 21.4. The minimum absolute atomic E-state index is 0.0713. The second-order valence-corrected chi connectivity index (χ2v) is 8.54. The number of nitro groups is 1. The summed E-state index contributed by atoms with van der Waals surface area (Å²) in [4.78, 5) is 24.5. The predicted molar refractivity (Wildman–Crippen MR) is 122 cm³/mol. The summed E-state index contributed by atoms with van der Waals surface area (Å²) in [5, 5.41) is 12.8. The maximum atomic E-state index is 13.1. The molecule has 1 fully saturated rings. The molecule has 1 amide bonds. The normalized spacial score (nSPS) is 15.4. The molecule has 1 saturated heterocycles. The Bertz CT molecular complexity index is 1190. The van der Waals surface area contributed by atoms with E-state index in [0.29, 0.717) is 21.3 Å². The number of amides is 1. The Morgan fingerprint density at radius 3 is 2.50 bits per heavy atom. The highest BCUT2D eigenvalue weighted by molar-refractivity contribution is 8.27. The maximum Gasteiger partial charge on any atom is 0.285 e. The molecule has 1 aliphatic rings. The molecule has 4 rings (SSSR count). The summed E-state index contributed by atoms with van der Waals surface area (Å²) in [6.07, 6.45) is 3.62. The van der Waals surface area contributed by atoms with Crippen LogP contribution < -0.4 is 5.01 Å². The topological polar surface area (TPSA) is 73.3 Å². The molecule has 3 heterocycles. The first-order valence-electron chi connectivity index (χ1n) is 9.17. The number of rotatable bonds is 5. The van der Waals surface area contributed by atoms with Gasteiger partial charge in [-0.3, -0.25) is 19.6 Å². The fraction of sp³-hybridized carbons (Fsp3) is 0.143. The molecule has 152 valence electrons. The monoisotopic (exact) mass is 438 g/mol. The van der Waals surface area contributed by atoms with Crippen molar-refractivity contribution in [2.45, 2.75) is 20.4 Å². The Kier molecular flexibility index (Phi) is 5.31. The minimum Gasteiger partial charge on any atom is -0.343 e. The zero-order valence-electron chi connectivity index (χ0n) is 16.3. The highest BCUT2D eigenvalue weighted by Gasteiger charge is 2.35. The molecule has 2 aromatic heterocycles. The van der Waals surface area contributed by atoms with Crippen LogP contribution in [0, 0.1) is 24.0 Å². The predicted octanol–water partition coefficient (Wildman–Crippen LogP) is 4.40. The lowest BCUT2D eigenvalue weighted by Crippen LogP contribution is -2.39. The van der Waals surface area contributed by atoms with Crippen LogP contribution in [0.15, 0.2) is 59.6 Å². The second-order valence-electron chi connectivity index (χ2n) is 6.87. The lowest BCUT2D eigenvalue weighted by molar-refractivity contribution is -0.385. The molecule has 0 spiro atoms. The van der Waals surface area contributed by atoms with Crippen LogP contribution in [-0.2, 0) is 11.3 Å². The third kappa shape index (κ3) is 3.57. The fourth-order valence-corrected chi connectivity index (χ4v) is 4.68. The summed E-state index contributed by atoms with van der Waals surface area (Å²) in [6.45, 7) is 4.17. The van der Waals surface area contributed by atoms with E-state index in [1.165, 1.54) is 22.8 Å². The van der Waals surface area contributed by atoms with E-state index >= 15 is 0 Å². The molecule has 9 heteroatoms. The van der Waals surface area contributed by atoms with Gasteiger partial charge >= 0.3 is 0 Å². The number of hydrogen-bond acceptors (Lipinski definition) is 5. The summed E-state index contributed by atoms with van der Waals surface area (Å²) in [6, 6.07) is 14.2. The molecular weight excluding hydrogens is 420 g/mol. The number of carbonyl (C=O) groups is 1. The number of nitrogens with zero attached hydrogens (tertiary/aromatic N) is 4. The number of thioether (sulfide) groups is 1. The van der Waals surface area contributed by atoms with E-state index < -0.39 is 0 Å². The van der Waals surface area contributed by atoms with Crippen LogP contribution in [0.4, 0.5) is 5.69 Å². The van der Waals surface area contributed by atoms with E-state index in [2.05, 4.69) is 0 Å². The largest absolute Gasteiger partial charge is 0.343 e. The third-order valence-electron chi connectivity index (χ3n) is 4.88. The molecule has 0 saturated carbocycles. The maximum absolute atomic E-state index is 13.1. The van der Waals surface area contributed by atoms with Crippen LogP contribution in [0.5, 0.6) is 0 Å². The van der Waals surface area contributed by atoms with Crippen molar-refractivity contribution in [2.24, 2.45) is 0 Å². The molecule has 1 aliphatic heterocycles. The van der Waals surface area contributed by atoms with Crippen molar-refractivity contribution < 1.29 is 9.72 Å². The average molecular weight is 439 g/mol. The van der Waals surface area contributed by atoms with Gasteiger partial charge in [0.25, 0.3) is 11.6 Å². The van der Waals surface area contributed by atoms with Crippen molar-refractivity contribution in [3.05, 3.63) is 92.4 Å². The summed E-state index contributed by atoms with van der Waals surface area (Å²) >= 11 is 6.71. The Balaban J connectivity index is 1.65. The van der Waals surface area contributed by atoms with Crippen molar-refractivity contribution in [1.29, 1.82) is 0 Å². The molecular formula is C21H18N4O3S2. The van der Waals surface area contributed by atoms with Gasteiger partial charge in [-0.15, -0.1) is 0 Å². The van der Waals surface area contributed by atoms with Crippen LogP contribution in [-0.4, -0.2) is 24.4 Å². The number of thiocarbonyl (C=S) groups is 1. The lowest BCUT2D eigenvalue weighted by Gasteiger charge is -2.20. The third-order valence-corrected chi connectivity index (χ3v) is 6.16. The first kappa shape index (κ1) is 20.1. The molecule has 0 aliphatic carbocycles. The van der Waals surface area contributed by atoms with Gasteiger partial charge in [-0.1, -0.05) is 30.0 Å². The van der Waals surface area contributed by atoms with Gasteiger partial charge in [0.15, 0.2) is 4.32 Å². The van der Waals surface area contributed by atoms with Crippen LogP contribution in [0.3, 0.4) is 0 Å². The molecule has 0 unspecified atom stereocenters. The second kappa shape index (κ2) is 7.92. The molecule has 0 atom stereocenters. The first-order valence-corrected chi connectivity index (χ1v) is 10.4. The highest BCUT2D eigenvalue weighted by atomic mass is 32.2. The van der Waals surface area contributed by atoms with E-state index in [1.807, 2.05) is 53.6 Å². The number of carbonyl (C=O) groups excluding carboxylic acids is 1. The van der Waals surface area contributed by atoms with Gasteiger partial charge < -0.3 is 4.57 Å². The Morgan fingerprint density at radius 1 is 1.10 bits per heavy atom. The smallest absolute Gasteiger partial charge is 0.285 e. The van der Waals surface area contributed by atoms with Crippen molar-refractivity contribution in [3.63, 3.8) is 0 Å². The van der Waals surface area contributed by atoms with Crippen LogP contribution in [0.2, 0.25) is 0 Å². The molecule has 0 N–H and O–H groups in total. The summed E-state index contributed by atoms with van der Waals surface area (Å²) < 4.78 is 4.15. The van der Waals surface area contributed by atoms with Gasteiger partial charge in [0, 0.05) is 34.9 Å². The number of nitro benzene ring substituents is 1. The van der Waals surface area contributed by atoms with E-state index in [4.69, 9.17) is 12.2 Å². The van der Waals surface area contributed by atoms with Crippen molar-refractivity contribution >= 4 is 46.0 Å². The first-order chi connectivity index (χ1) is 14.4. The van der Waals surface area contributed by atoms with Crippen molar-refractivity contribution in [1.82, 2.24) is 9.24 Å². The Morgan fingerprint density at radius 2 is 1.80 bits per heavy atom. The van der Waals surface area contributed by atoms with E-state index in [-0.39, 0.29) is 16.5 Å². The molecule has 0 radical (unpaired) electrons. The van der Waals surface area contributed by atoms with Gasteiger partial charge in [-0.2, -0.15) is 5.01 Å². The SMILES string of the molecule is Cc1ccc(C)n1N1C(=O)/C(=C\c2cccn2Cc2ccccc2[N+](=O)[O-])SC1=S. The number of aromatic nitrogens is 2. The number of aryl methyl sites for hydroxylation is 2. The molecule has 1 aromatic carbocycles. The van der Waals surface area contributed by atoms with Crippen molar-refractivity contribution in [2.75, 3.05) is 5.01 Å².